The zero-order valence-electron chi connectivity index (χ0n) is 19.0. The van der Waals surface area contributed by atoms with Crippen LogP contribution in [0.2, 0.25) is 0 Å². The molecule has 0 bridgehead atoms. The van der Waals surface area contributed by atoms with Crippen molar-refractivity contribution in [1.29, 1.82) is 0 Å². The van der Waals surface area contributed by atoms with Crippen LogP contribution in [0.5, 0.6) is 0 Å². The number of nitrogens with zero attached hydrogens (tertiary/aromatic N) is 3. The molecular weight excluding hydrogens is 428 g/mol. The van der Waals surface area contributed by atoms with Crippen LogP contribution in [0, 0.1) is 0 Å². The van der Waals surface area contributed by atoms with Crippen molar-refractivity contribution in [2.45, 2.75) is 38.3 Å². The number of carboxylic acid groups (broad SMARTS) is 1. The smallest absolute Gasteiger partial charge is 0.335 e. The van der Waals surface area contributed by atoms with Crippen molar-refractivity contribution in [3.63, 3.8) is 0 Å². The molecule has 1 aliphatic carbocycles. The van der Waals surface area contributed by atoms with Crippen LogP contribution in [0.4, 0.5) is 5.82 Å². The van der Waals surface area contributed by atoms with Gasteiger partial charge in [-0.1, -0.05) is 30.4 Å². The van der Waals surface area contributed by atoms with E-state index in [1.54, 1.807) is 24.5 Å². The van der Waals surface area contributed by atoms with Gasteiger partial charge in [-0.2, -0.15) is 0 Å². The molecule has 2 aliphatic rings. The molecule has 2 aromatic carbocycles. The number of nitrogens with one attached hydrogen (secondary N) is 1. The number of anilines is 1. The highest BCUT2D eigenvalue weighted by molar-refractivity contribution is 5.87. The molecule has 7 nitrogen and oxygen atoms in total. The summed E-state index contributed by atoms with van der Waals surface area (Å²) in [6, 6.07) is 13.2. The number of benzene rings is 2. The molecule has 1 fully saturated rings. The van der Waals surface area contributed by atoms with Crippen molar-refractivity contribution >= 4 is 23.9 Å². The predicted octanol–water partition coefficient (Wildman–Crippen LogP) is 2.36. The Bertz CT molecular complexity index is 1370. The van der Waals surface area contributed by atoms with Gasteiger partial charge in [-0.15, -0.1) is 0 Å². The summed E-state index contributed by atoms with van der Waals surface area (Å²) in [4.78, 5) is 30.8. The van der Waals surface area contributed by atoms with Crippen LogP contribution in [0.25, 0.3) is 17.8 Å². The van der Waals surface area contributed by atoms with Crippen molar-refractivity contribution in [2.75, 3.05) is 18.4 Å². The number of hydrogen-bond acceptors (Lipinski definition) is 5. The topological polar surface area (TPSA) is 87.5 Å². The van der Waals surface area contributed by atoms with Gasteiger partial charge in [-0.05, 0) is 65.9 Å². The number of fused-ring (bicyclic) bond motifs is 1. The first-order chi connectivity index (χ1) is 16.6. The molecule has 7 heteroatoms. The Hall–Kier alpha value is -3.71. The highest BCUT2D eigenvalue weighted by Gasteiger charge is 2.21. The molecule has 0 unspecified atom stereocenters. The number of aromatic carboxylic acids is 1. The maximum atomic E-state index is 13.0. The molecule has 5 rings (SSSR count). The molecule has 1 saturated heterocycles. The molecule has 3 aromatic rings. The molecule has 0 spiro atoms. The minimum Gasteiger partial charge on any atom is -0.478 e. The fourth-order valence-corrected chi connectivity index (χ4v) is 4.73. The zero-order chi connectivity index (χ0) is 23.5. The lowest BCUT2D eigenvalue weighted by Crippen LogP contribution is -2.40. The molecule has 0 amide bonds. The average Bonchev–Trinajstić information content (AvgIpc) is 2.86. The van der Waals surface area contributed by atoms with E-state index in [0.29, 0.717) is 11.5 Å². The van der Waals surface area contributed by atoms with E-state index in [2.05, 4.69) is 45.6 Å². The van der Waals surface area contributed by atoms with Gasteiger partial charge in [0.05, 0.1) is 5.56 Å². The molecule has 2 N–H and O–H groups in total. The Kier molecular flexibility index (Phi) is 6.27. The van der Waals surface area contributed by atoms with E-state index in [9.17, 15) is 9.59 Å². The third-order valence-corrected chi connectivity index (χ3v) is 6.61. The van der Waals surface area contributed by atoms with E-state index in [1.165, 1.54) is 32.7 Å². The quantitative estimate of drug-likeness (QED) is 0.592. The molecule has 1 aromatic heterocycles. The second-order valence-corrected chi connectivity index (χ2v) is 8.95. The van der Waals surface area contributed by atoms with E-state index >= 15 is 0 Å². The number of carboxylic acids is 1. The second kappa shape index (κ2) is 9.65. The van der Waals surface area contributed by atoms with E-state index in [1.807, 2.05) is 0 Å². The number of rotatable bonds is 6. The van der Waals surface area contributed by atoms with Crippen LogP contribution in [0.15, 0.2) is 59.7 Å². The highest BCUT2D eigenvalue weighted by Crippen LogP contribution is 2.16. The van der Waals surface area contributed by atoms with Gasteiger partial charge in [0.1, 0.15) is 0 Å². The first-order valence-electron chi connectivity index (χ1n) is 11.8. The summed E-state index contributed by atoms with van der Waals surface area (Å²) in [5.74, 6) is -0.671. The molecule has 0 radical (unpaired) electrons. The summed E-state index contributed by atoms with van der Waals surface area (Å²) in [6.07, 6.45) is 12.0. The standard InChI is InChI=1S/C27H28N4O3/c32-26-25(28-13-16-31(26)24-9-7-21(8-10-24)27(33)34)29-23-11-14-30(15-12-23)18-19-5-6-20-3-1-2-4-22(20)17-19/h3-10,13,16-17,23H,1-2,11-12,14-15,18H2,(H,28,29)(H,33,34). The van der Waals surface area contributed by atoms with Crippen LogP contribution in [-0.2, 0) is 6.54 Å². The molecule has 2 heterocycles. The Balaban J connectivity index is 1.22. The van der Waals surface area contributed by atoms with E-state index in [-0.39, 0.29) is 17.2 Å². The lowest BCUT2D eigenvalue weighted by atomic mass is 10.0. The van der Waals surface area contributed by atoms with Crippen LogP contribution in [-0.4, -0.2) is 44.7 Å². The van der Waals surface area contributed by atoms with Gasteiger partial charge in [0, 0.05) is 43.8 Å². The first-order valence-corrected chi connectivity index (χ1v) is 11.8. The van der Waals surface area contributed by atoms with Crippen molar-refractivity contribution in [3.05, 3.63) is 86.8 Å². The fourth-order valence-electron chi connectivity index (χ4n) is 4.73. The maximum absolute atomic E-state index is 13.0. The summed E-state index contributed by atoms with van der Waals surface area (Å²) in [7, 11) is 0. The van der Waals surface area contributed by atoms with E-state index in [0.717, 1.165) is 45.3 Å². The van der Waals surface area contributed by atoms with Crippen molar-refractivity contribution in [3.8, 4) is 5.69 Å². The highest BCUT2D eigenvalue weighted by atomic mass is 16.4. The average molecular weight is 457 g/mol. The summed E-state index contributed by atoms with van der Waals surface area (Å²) >= 11 is 0. The van der Waals surface area contributed by atoms with Gasteiger partial charge < -0.3 is 10.4 Å². The lowest BCUT2D eigenvalue weighted by Gasteiger charge is -2.32. The van der Waals surface area contributed by atoms with Gasteiger partial charge in [-0.3, -0.25) is 14.3 Å². The predicted molar refractivity (Wildman–Crippen MR) is 133 cm³/mol. The normalized spacial score (nSPS) is 16.2. The fraction of sp³-hybridized carbons (Fsp3) is 0.296. The van der Waals surface area contributed by atoms with Crippen LogP contribution in [0.3, 0.4) is 0 Å². The zero-order valence-corrected chi connectivity index (χ0v) is 19.0. The van der Waals surface area contributed by atoms with Gasteiger partial charge in [0.25, 0.3) is 5.56 Å². The molecule has 0 atom stereocenters. The monoisotopic (exact) mass is 456 g/mol. The summed E-state index contributed by atoms with van der Waals surface area (Å²) < 4.78 is 1.49. The Morgan fingerprint density at radius 3 is 2.50 bits per heavy atom. The van der Waals surface area contributed by atoms with Crippen molar-refractivity contribution < 1.29 is 9.90 Å². The Morgan fingerprint density at radius 1 is 1.03 bits per heavy atom. The minimum atomic E-state index is -0.995. The third-order valence-electron chi connectivity index (χ3n) is 6.61. The Labute approximate surface area is 197 Å². The molecule has 174 valence electrons. The Morgan fingerprint density at radius 2 is 1.76 bits per heavy atom. The first kappa shape index (κ1) is 22.1. The summed E-state index contributed by atoms with van der Waals surface area (Å²) in [5.41, 5.74) is 1.89. The number of aromatic nitrogens is 2. The molecular formula is C27H28N4O3. The van der Waals surface area contributed by atoms with Gasteiger partial charge >= 0.3 is 5.97 Å². The van der Waals surface area contributed by atoms with Gasteiger partial charge in [0.2, 0.25) is 0 Å². The van der Waals surface area contributed by atoms with Crippen LogP contribution in [0.1, 0.15) is 41.6 Å². The number of piperidine rings is 1. The second-order valence-electron chi connectivity index (χ2n) is 8.95. The van der Waals surface area contributed by atoms with E-state index < -0.39 is 5.97 Å². The molecule has 1 aliphatic heterocycles. The maximum Gasteiger partial charge on any atom is 0.335 e. The third kappa shape index (κ3) is 4.79. The minimum absolute atomic E-state index is 0.183. The van der Waals surface area contributed by atoms with Gasteiger partial charge in [-0.25, -0.2) is 9.78 Å². The summed E-state index contributed by atoms with van der Waals surface area (Å²) in [6.45, 7) is 2.86. The SMILES string of the molecule is O=C(O)c1ccc(-n2ccnc(NC3CCN(Cc4ccc5c(c4)=CCCC=5)CC3)c2=O)cc1. The van der Waals surface area contributed by atoms with Crippen LogP contribution < -0.4 is 21.3 Å². The van der Waals surface area contributed by atoms with Crippen LogP contribution >= 0.6 is 0 Å². The number of likely N-dealkylation sites (tertiary alicyclic amines) is 1. The lowest BCUT2D eigenvalue weighted by molar-refractivity contribution is 0.0697. The summed E-state index contributed by atoms with van der Waals surface area (Å²) in [5, 5.41) is 15.1. The van der Waals surface area contributed by atoms with E-state index in [4.69, 9.17) is 5.11 Å². The number of carbonyl (C=O) groups is 1. The van der Waals surface area contributed by atoms with Crippen molar-refractivity contribution in [1.82, 2.24) is 14.5 Å². The number of hydrogen-bond donors (Lipinski definition) is 2. The van der Waals surface area contributed by atoms with Gasteiger partial charge in [0.15, 0.2) is 5.82 Å². The largest absolute Gasteiger partial charge is 0.478 e. The molecule has 34 heavy (non-hydrogen) atoms. The van der Waals surface area contributed by atoms with Crippen molar-refractivity contribution in [2.24, 2.45) is 0 Å². The molecule has 0 saturated carbocycles.